The van der Waals surface area contributed by atoms with Gasteiger partial charge in [-0.25, -0.2) is 9.36 Å². The summed E-state index contributed by atoms with van der Waals surface area (Å²) in [6, 6.07) is 17.9. The zero-order valence-corrected chi connectivity index (χ0v) is 14.0. The molecule has 0 aliphatic carbocycles. The van der Waals surface area contributed by atoms with Gasteiger partial charge in [-0.15, -0.1) is 5.10 Å². The fraction of sp³-hybridized carbons (Fsp3) is 0. The van der Waals surface area contributed by atoms with Crippen LogP contribution in [0.3, 0.4) is 0 Å². The second kappa shape index (κ2) is 6.72. The molecule has 4 rings (SSSR count). The lowest BCUT2D eigenvalue weighted by Gasteiger charge is -2.10. The maximum absolute atomic E-state index is 12.3. The van der Waals surface area contributed by atoms with Crippen LogP contribution in [-0.4, -0.2) is 26.6 Å². The summed E-state index contributed by atoms with van der Waals surface area (Å²) in [7, 11) is 0. The van der Waals surface area contributed by atoms with Crippen LogP contribution < -0.4 is 11.2 Å². The van der Waals surface area contributed by atoms with Gasteiger partial charge in [-0.3, -0.25) is 9.78 Å². The summed E-state index contributed by atoms with van der Waals surface area (Å²) in [5, 5.41) is 18.6. The molecule has 1 aromatic heterocycles. The smallest absolute Gasteiger partial charge is 0.335 e. The Hall–Kier alpha value is -4.00. The lowest BCUT2D eigenvalue weighted by atomic mass is 10.0. The van der Waals surface area contributed by atoms with Crippen LogP contribution >= 0.6 is 0 Å². The molecule has 0 unspecified atom stereocenters. The maximum atomic E-state index is 12.3. The topological polar surface area (TPSA) is 99.8 Å². The number of H-pyrrole nitrogens is 1. The molecule has 0 saturated heterocycles. The molecule has 1 aliphatic rings. The molecule has 7 heteroatoms. The van der Waals surface area contributed by atoms with E-state index >= 15 is 0 Å². The first kappa shape index (κ1) is 16.5. The highest BCUT2D eigenvalue weighted by Crippen LogP contribution is 2.21. The number of aromatic hydroxyl groups is 1. The normalized spacial score (nSPS) is 14.5. The van der Waals surface area contributed by atoms with E-state index in [9.17, 15) is 14.7 Å². The van der Waals surface area contributed by atoms with Crippen LogP contribution in [0.5, 0.6) is 5.88 Å². The summed E-state index contributed by atoms with van der Waals surface area (Å²) >= 11 is 0. The fourth-order valence-corrected chi connectivity index (χ4v) is 2.83. The van der Waals surface area contributed by atoms with Crippen LogP contribution in [0.2, 0.25) is 0 Å². The summed E-state index contributed by atoms with van der Waals surface area (Å²) in [4.78, 5) is 26.8. The first-order chi connectivity index (χ1) is 13.1. The summed E-state index contributed by atoms with van der Waals surface area (Å²) in [5.74, 6) is -0.449. The number of nitrogens with one attached hydrogen (secondary N) is 1. The summed E-state index contributed by atoms with van der Waals surface area (Å²) in [5.41, 5.74) is 0.937. The average molecular weight is 358 g/mol. The standard InChI is InChI=1S/C20H14N4O3/c25-18-16(11-14-12-21-23-17(14)13-7-3-1-4-8-13)19(26)24(20(27)22-18)15-9-5-2-6-10-15/h1-12,26H,(H,22,25,27)/b14-11+. The van der Waals surface area contributed by atoms with E-state index in [0.717, 1.165) is 10.1 Å². The predicted octanol–water partition coefficient (Wildman–Crippen LogP) is 2.10. The van der Waals surface area contributed by atoms with Gasteiger partial charge in [0.15, 0.2) is 0 Å². The molecule has 0 fully saturated rings. The first-order valence-electron chi connectivity index (χ1n) is 8.17. The SMILES string of the molecule is O=c1[nH]c(=O)n(-c2ccccc2)c(O)c1/C=C1\C=NN=C1c1ccccc1. The Morgan fingerprint density at radius 3 is 2.33 bits per heavy atom. The van der Waals surface area contributed by atoms with E-state index in [4.69, 9.17) is 0 Å². The van der Waals surface area contributed by atoms with Gasteiger partial charge in [-0.1, -0.05) is 48.5 Å². The number of hydrogen-bond donors (Lipinski definition) is 2. The van der Waals surface area contributed by atoms with E-state index in [0.29, 0.717) is 17.0 Å². The molecular formula is C20H14N4O3. The van der Waals surface area contributed by atoms with Gasteiger partial charge in [0.1, 0.15) is 11.3 Å². The van der Waals surface area contributed by atoms with Crippen molar-refractivity contribution in [3.63, 3.8) is 0 Å². The van der Waals surface area contributed by atoms with E-state index in [1.165, 1.54) is 12.3 Å². The number of nitrogens with zero attached hydrogens (tertiary/aromatic N) is 3. The number of allylic oxidation sites excluding steroid dienone is 1. The van der Waals surface area contributed by atoms with Gasteiger partial charge in [-0.05, 0) is 18.2 Å². The Kier molecular flexibility index (Phi) is 4.10. The zero-order chi connectivity index (χ0) is 18.8. The molecule has 0 amide bonds. The van der Waals surface area contributed by atoms with E-state index in [1.807, 2.05) is 30.3 Å². The number of para-hydroxylation sites is 1. The van der Waals surface area contributed by atoms with Gasteiger partial charge in [0.25, 0.3) is 5.56 Å². The van der Waals surface area contributed by atoms with E-state index in [2.05, 4.69) is 15.2 Å². The zero-order valence-electron chi connectivity index (χ0n) is 14.0. The van der Waals surface area contributed by atoms with Crippen molar-refractivity contribution >= 4 is 18.0 Å². The molecule has 0 atom stereocenters. The molecule has 0 spiro atoms. The lowest BCUT2D eigenvalue weighted by molar-refractivity contribution is 0.429. The molecule has 2 aromatic carbocycles. The Bertz CT molecular complexity index is 1200. The van der Waals surface area contributed by atoms with Crippen LogP contribution in [0.25, 0.3) is 11.8 Å². The second-order valence-corrected chi connectivity index (χ2v) is 5.83. The maximum Gasteiger partial charge on any atom is 0.335 e. The summed E-state index contributed by atoms with van der Waals surface area (Å²) in [6.45, 7) is 0. The minimum absolute atomic E-state index is 0.0505. The minimum atomic E-state index is -0.720. The Morgan fingerprint density at radius 1 is 0.963 bits per heavy atom. The monoisotopic (exact) mass is 358 g/mol. The van der Waals surface area contributed by atoms with Crippen LogP contribution in [0.1, 0.15) is 11.1 Å². The van der Waals surface area contributed by atoms with Gasteiger partial charge in [0.2, 0.25) is 5.88 Å². The van der Waals surface area contributed by atoms with Crippen LogP contribution in [0.4, 0.5) is 0 Å². The van der Waals surface area contributed by atoms with Gasteiger partial charge < -0.3 is 5.11 Å². The molecule has 0 radical (unpaired) electrons. The van der Waals surface area contributed by atoms with Crippen molar-refractivity contribution in [2.45, 2.75) is 0 Å². The van der Waals surface area contributed by atoms with Crippen molar-refractivity contribution in [1.82, 2.24) is 9.55 Å². The quantitative estimate of drug-likeness (QED) is 0.750. The Balaban J connectivity index is 1.87. The van der Waals surface area contributed by atoms with E-state index < -0.39 is 17.1 Å². The minimum Gasteiger partial charge on any atom is -0.494 e. The van der Waals surface area contributed by atoms with Crippen molar-refractivity contribution in [1.29, 1.82) is 0 Å². The second-order valence-electron chi connectivity index (χ2n) is 5.83. The Morgan fingerprint density at radius 2 is 1.63 bits per heavy atom. The lowest BCUT2D eigenvalue weighted by Crippen LogP contribution is -2.30. The molecule has 0 bridgehead atoms. The van der Waals surface area contributed by atoms with Gasteiger partial charge >= 0.3 is 5.69 Å². The molecule has 2 N–H and O–H groups in total. The third-order valence-electron chi connectivity index (χ3n) is 4.11. The molecule has 27 heavy (non-hydrogen) atoms. The molecule has 3 aromatic rings. The van der Waals surface area contributed by atoms with E-state index in [1.54, 1.807) is 30.3 Å². The number of benzene rings is 2. The number of hydrogen-bond acceptors (Lipinski definition) is 5. The predicted molar refractivity (Wildman–Crippen MR) is 104 cm³/mol. The fourth-order valence-electron chi connectivity index (χ4n) is 2.83. The van der Waals surface area contributed by atoms with Crippen LogP contribution in [0, 0.1) is 0 Å². The first-order valence-corrected chi connectivity index (χ1v) is 8.17. The van der Waals surface area contributed by atoms with Crippen LogP contribution in [-0.2, 0) is 0 Å². The van der Waals surface area contributed by atoms with Crippen molar-refractivity contribution in [2.75, 3.05) is 0 Å². The molecule has 0 saturated carbocycles. The number of aromatic amines is 1. The Labute approximate surface area is 153 Å². The van der Waals surface area contributed by atoms with Crippen molar-refractivity contribution in [2.24, 2.45) is 10.2 Å². The van der Waals surface area contributed by atoms with Gasteiger partial charge in [0, 0.05) is 11.1 Å². The molecule has 1 aliphatic heterocycles. The largest absolute Gasteiger partial charge is 0.494 e. The van der Waals surface area contributed by atoms with Crippen molar-refractivity contribution < 1.29 is 5.11 Å². The number of aromatic nitrogens is 2. The molecule has 2 heterocycles. The highest BCUT2D eigenvalue weighted by molar-refractivity contribution is 6.28. The molecule has 132 valence electrons. The number of rotatable bonds is 3. The van der Waals surface area contributed by atoms with Gasteiger partial charge in [-0.2, -0.15) is 5.10 Å². The van der Waals surface area contributed by atoms with Crippen LogP contribution in [0.15, 0.2) is 86.0 Å². The average Bonchev–Trinajstić information content (AvgIpc) is 3.15. The highest BCUT2D eigenvalue weighted by atomic mass is 16.3. The summed E-state index contributed by atoms with van der Waals surface area (Å²) in [6.07, 6.45) is 2.97. The van der Waals surface area contributed by atoms with Crippen molar-refractivity contribution in [3.8, 4) is 11.6 Å². The third kappa shape index (κ3) is 3.02. The van der Waals surface area contributed by atoms with E-state index in [-0.39, 0.29) is 5.56 Å². The van der Waals surface area contributed by atoms with Gasteiger partial charge in [0.05, 0.1) is 11.9 Å². The highest BCUT2D eigenvalue weighted by Gasteiger charge is 2.18. The summed E-state index contributed by atoms with van der Waals surface area (Å²) < 4.78 is 1.04. The van der Waals surface area contributed by atoms with Crippen molar-refractivity contribution in [3.05, 3.63) is 98.2 Å². The molecular weight excluding hydrogens is 344 g/mol. The third-order valence-corrected chi connectivity index (χ3v) is 4.11. The molecule has 7 nitrogen and oxygen atoms in total.